The Hall–Kier alpha value is -1.74. The van der Waals surface area contributed by atoms with Crippen molar-refractivity contribution in [3.8, 4) is 0 Å². The van der Waals surface area contributed by atoms with E-state index in [0.717, 1.165) is 16.5 Å². The fourth-order valence-electron chi connectivity index (χ4n) is 1.71. The summed E-state index contributed by atoms with van der Waals surface area (Å²) in [7, 11) is 0. The van der Waals surface area contributed by atoms with Crippen LogP contribution in [0.5, 0.6) is 0 Å². The maximum Gasteiger partial charge on any atom is 0.310 e. The average Bonchev–Trinajstić information content (AvgIpc) is 2.71. The molecule has 0 amide bonds. The Morgan fingerprint density at radius 3 is 3.12 bits per heavy atom. The molecule has 1 aromatic heterocycles. The van der Waals surface area contributed by atoms with Crippen molar-refractivity contribution in [3.63, 3.8) is 0 Å². The maximum absolute atomic E-state index is 11.5. The molecule has 1 N–H and O–H groups in total. The minimum absolute atomic E-state index is 0.206. The molecule has 2 rings (SSSR count). The predicted octanol–water partition coefficient (Wildman–Crippen LogP) is 3.09. The Labute approximate surface area is 104 Å². The summed E-state index contributed by atoms with van der Waals surface area (Å²) in [5, 5.41) is 1.51. The summed E-state index contributed by atoms with van der Waals surface area (Å²) in [6.07, 6.45) is 3.53. The van der Waals surface area contributed by atoms with Crippen LogP contribution >= 0.6 is 11.6 Å². The molecule has 0 bridgehead atoms. The van der Waals surface area contributed by atoms with Crippen molar-refractivity contribution in [1.29, 1.82) is 0 Å². The number of carbonyl (C=O) groups is 1. The normalized spacial score (nSPS) is 10.4. The lowest BCUT2D eigenvalue weighted by atomic mass is 10.1. The molecule has 0 spiro atoms. The molecule has 1 aromatic carbocycles. The summed E-state index contributed by atoms with van der Waals surface area (Å²) in [6, 6.07) is 5.58. The van der Waals surface area contributed by atoms with Crippen LogP contribution in [0.4, 0.5) is 0 Å². The third kappa shape index (κ3) is 2.50. The van der Waals surface area contributed by atoms with E-state index in [0.29, 0.717) is 5.02 Å². The molecule has 3 nitrogen and oxygen atoms in total. The van der Waals surface area contributed by atoms with Gasteiger partial charge in [0.25, 0.3) is 0 Å². The zero-order chi connectivity index (χ0) is 12.3. The number of H-pyrrole nitrogens is 1. The highest BCUT2D eigenvalue weighted by Gasteiger charge is 2.11. The number of esters is 1. The molecule has 2 aromatic rings. The highest BCUT2D eigenvalue weighted by molar-refractivity contribution is 6.35. The molecule has 4 heteroatoms. The molecule has 0 radical (unpaired) electrons. The molecular formula is C13H12ClNO2. The first kappa shape index (κ1) is 11.7. The van der Waals surface area contributed by atoms with Gasteiger partial charge >= 0.3 is 5.97 Å². The topological polar surface area (TPSA) is 42.1 Å². The van der Waals surface area contributed by atoms with E-state index in [2.05, 4.69) is 11.6 Å². The Kier molecular flexibility index (Phi) is 3.49. The van der Waals surface area contributed by atoms with Crippen LogP contribution in [0.25, 0.3) is 10.9 Å². The van der Waals surface area contributed by atoms with Crippen molar-refractivity contribution in [2.24, 2.45) is 0 Å². The lowest BCUT2D eigenvalue weighted by Gasteiger charge is -2.01. The van der Waals surface area contributed by atoms with E-state index < -0.39 is 0 Å². The second-order valence-electron chi connectivity index (χ2n) is 3.62. The summed E-state index contributed by atoms with van der Waals surface area (Å²) in [4.78, 5) is 14.6. The SMILES string of the molecule is C=CCOC(=O)Cc1c[nH]c2cccc(Cl)c12. The van der Waals surface area contributed by atoms with Gasteiger partial charge in [0.05, 0.1) is 11.4 Å². The summed E-state index contributed by atoms with van der Waals surface area (Å²) in [5.41, 5.74) is 1.77. The third-order valence-electron chi connectivity index (χ3n) is 2.43. The summed E-state index contributed by atoms with van der Waals surface area (Å²) in [5.74, 6) is -0.286. The molecule has 0 aliphatic rings. The van der Waals surface area contributed by atoms with Crippen LogP contribution in [0, 0.1) is 0 Å². The van der Waals surface area contributed by atoms with Crippen LogP contribution in [-0.4, -0.2) is 17.6 Å². The molecule has 1 heterocycles. The number of hydrogen-bond acceptors (Lipinski definition) is 2. The first-order valence-electron chi connectivity index (χ1n) is 5.23. The Morgan fingerprint density at radius 1 is 1.53 bits per heavy atom. The molecule has 0 aliphatic heterocycles. The zero-order valence-corrected chi connectivity index (χ0v) is 9.96. The molecule has 0 fully saturated rings. The predicted molar refractivity (Wildman–Crippen MR) is 68.2 cm³/mol. The number of rotatable bonds is 4. The van der Waals surface area contributed by atoms with E-state index in [4.69, 9.17) is 16.3 Å². The van der Waals surface area contributed by atoms with Crippen LogP contribution in [0.3, 0.4) is 0 Å². The highest BCUT2D eigenvalue weighted by atomic mass is 35.5. The van der Waals surface area contributed by atoms with E-state index in [9.17, 15) is 4.79 Å². The number of halogens is 1. The number of nitrogens with one attached hydrogen (secondary N) is 1. The largest absolute Gasteiger partial charge is 0.461 e. The third-order valence-corrected chi connectivity index (χ3v) is 2.75. The number of aromatic nitrogens is 1. The molecule has 0 saturated carbocycles. The quantitative estimate of drug-likeness (QED) is 0.668. The number of fused-ring (bicyclic) bond motifs is 1. The molecule has 17 heavy (non-hydrogen) atoms. The summed E-state index contributed by atoms with van der Waals surface area (Å²) < 4.78 is 4.94. The van der Waals surface area contributed by atoms with E-state index in [-0.39, 0.29) is 19.0 Å². The fraction of sp³-hybridized carbons (Fsp3) is 0.154. The lowest BCUT2D eigenvalue weighted by molar-refractivity contribution is -0.141. The molecule has 88 valence electrons. The minimum Gasteiger partial charge on any atom is -0.461 e. The summed E-state index contributed by atoms with van der Waals surface area (Å²) in [6.45, 7) is 3.72. The fourth-order valence-corrected chi connectivity index (χ4v) is 2.00. The molecular weight excluding hydrogens is 238 g/mol. The first-order chi connectivity index (χ1) is 8.22. The number of aromatic amines is 1. The average molecular weight is 250 g/mol. The van der Waals surface area contributed by atoms with Crippen molar-refractivity contribution < 1.29 is 9.53 Å². The Morgan fingerprint density at radius 2 is 2.35 bits per heavy atom. The van der Waals surface area contributed by atoms with Crippen LogP contribution in [0.1, 0.15) is 5.56 Å². The van der Waals surface area contributed by atoms with Crippen LogP contribution in [0.15, 0.2) is 37.1 Å². The monoisotopic (exact) mass is 249 g/mol. The molecule has 0 unspecified atom stereocenters. The van der Waals surface area contributed by atoms with Crippen molar-refractivity contribution >= 4 is 28.5 Å². The van der Waals surface area contributed by atoms with Gasteiger partial charge in [-0.25, -0.2) is 0 Å². The van der Waals surface area contributed by atoms with Gasteiger partial charge in [-0.1, -0.05) is 30.3 Å². The second kappa shape index (κ2) is 5.06. The van der Waals surface area contributed by atoms with Crippen molar-refractivity contribution in [3.05, 3.63) is 47.6 Å². The van der Waals surface area contributed by atoms with Crippen LogP contribution in [0.2, 0.25) is 5.02 Å². The van der Waals surface area contributed by atoms with Crippen molar-refractivity contribution in [1.82, 2.24) is 4.98 Å². The van der Waals surface area contributed by atoms with Crippen LogP contribution < -0.4 is 0 Å². The van der Waals surface area contributed by atoms with Crippen molar-refractivity contribution in [2.45, 2.75) is 6.42 Å². The van der Waals surface area contributed by atoms with Gasteiger partial charge in [0.2, 0.25) is 0 Å². The van der Waals surface area contributed by atoms with Gasteiger partial charge in [0.1, 0.15) is 6.61 Å². The zero-order valence-electron chi connectivity index (χ0n) is 9.20. The molecule has 0 atom stereocenters. The maximum atomic E-state index is 11.5. The van der Waals surface area contributed by atoms with Crippen LogP contribution in [-0.2, 0) is 16.0 Å². The Balaban J connectivity index is 2.24. The van der Waals surface area contributed by atoms with Gasteiger partial charge in [-0.2, -0.15) is 0 Å². The smallest absolute Gasteiger partial charge is 0.310 e. The number of benzene rings is 1. The number of ether oxygens (including phenoxy) is 1. The number of carbonyl (C=O) groups excluding carboxylic acids is 1. The van der Waals surface area contributed by atoms with E-state index in [1.165, 1.54) is 0 Å². The van der Waals surface area contributed by atoms with Gasteiger partial charge < -0.3 is 9.72 Å². The van der Waals surface area contributed by atoms with Gasteiger partial charge in [-0.05, 0) is 17.7 Å². The molecule has 0 saturated heterocycles. The lowest BCUT2D eigenvalue weighted by Crippen LogP contribution is -2.07. The standard InChI is InChI=1S/C13H12ClNO2/c1-2-6-17-12(16)7-9-8-15-11-5-3-4-10(14)13(9)11/h2-5,8,15H,1,6-7H2. The van der Waals surface area contributed by atoms with Gasteiger partial charge in [0.15, 0.2) is 0 Å². The Bertz CT molecular complexity index is 560. The van der Waals surface area contributed by atoms with Gasteiger partial charge in [-0.3, -0.25) is 4.79 Å². The first-order valence-corrected chi connectivity index (χ1v) is 5.61. The van der Waals surface area contributed by atoms with Gasteiger partial charge in [0, 0.05) is 17.1 Å². The minimum atomic E-state index is -0.286. The molecule has 0 aliphatic carbocycles. The second-order valence-corrected chi connectivity index (χ2v) is 4.03. The number of hydrogen-bond donors (Lipinski definition) is 1. The van der Waals surface area contributed by atoms with E-state index in [1.54, 1.807) is 18.3 Å². The van der Waals surface area contributed by atoms with E-state index in [1.807, 2.05) is 12.1 Å². The van der Waals surface area contributed by atoms with Crippen molar-refractivity contribution in [2.75, 3.05) is 6.61 Å². The van der Waals surface area contributed by atoms with Gasteiger partial charge in [-0.15, -0.1) is 0 Å². The van der Waals surface area contributed by atoms with E-state index >= 15 is 0 Å². The summed E-state index contributed by atoms with van der Waals surface area (Å²) >= 11 is 6.10. The highest BCUT2D eigenvalue weighted by Crippen LogP contribution is 2.26.